The Morgan fingerprint density at radius 2 is 2.03 bits per heavy atom. The molecule has 0 aliphatic carbocycles. The van der Waals surface area contributed by atoms with Gasteiger partial charge in [0, 0.05) is 18.7 Å². The van der Waals surface area contributed by atoms with Crippen molar-refractivity contribution in [2.45, 2.75) is 26.7 Å². The summed E-state index contributed by atoms with van der Waals surface area (Å²) in [6.45, 7) is 9.70. The molecule has 3 aromatic rings. The summed E-state index contributed by atoms with van der Waals surface area (Å²) < 4.78 is 10.9. The number of hydrogen-bond donors (Lipinski definition) is 3. The lowest BCUT2D eigenvalue weighted by atomic mass is 9.95. The summed E-state index contributed by atoms with van der Waals surface area (Å²) in [5.41, 5.74) is 1.32. The van der Waals surface area contributed by atoms with Crippen molar-refractivity contribution in [1.82, 2.24) is 15.6 Å². The molecule has 0 fully saturated rings. The molecule has 0 spiro atoms. The third-order valence-electron chi connectivity index (χ3n) is 4.48. The number of carbonyl (C=O) groups excluding carboxylic acids is 1. The predicted octanol–water partition coefficient (Wildman–Crippen LogP) is 3.82. The second-order valence-corrected chi connectivity index (χ2v) is 7.11. The highest BCUT2D eigenvalue weighted by Gasteiger charge is 2.29. The molecule has 2 aromatic heterocycles. The third-order valence-corrected chi connectivity index (χ3v) is 4.48. The Kier molecular flexibility index (Phi) is 6.93. The van der Waals surface area contributed by atoms with E-state index in [9.17, 15) is 15.0 Å². The summed E-state index contributed by atoms with van der Waals surface area (Å²) in [4.78, 5) is 17.5. The lowest BCUT2D eigenvalue weighted by Gasteiger charge is -2.11. The SMILES string of the molecule is C=CCON=Cc1cc(-c2c(C(=O)NCC)noc2-c2cc(C(C)C)c(O)cc2O)on1. The summed E-state index contributed by atoms with van der Waals surface area (Å²) >= 11 is 0. The highest BCUT2D eigenvalue weighted by molar-refractivity contribution is 6.02. The third kappa shape index (κ3) is 4.64. The maximum absolute atomic E-state index is 12.6. The largest absolute Gasteiger partial charge is 0.508 e. The average Bonchev–Trinajstić information content (AvgIpc) is 3.38. The molecule has 3 rings (SSSR count). The first-order chi connectivity index (χ1) is 15.4. The molecule has 1 amide bonds. The Labute approximate surface area is 184 Å². The minimum absolute atomic E-state index is 0.0350. The molecule has 0 atom stereocenters. The van der Waals surface area contributed by atoms with Crippen LogP contribution in [-0.2, 0) is 4.84 Å². The van der Waals surface area contributed by atoms with Crippen molar-refractivity contribution in [3.8, 4) is 34.1 Å². The second kappa shape index (κ2) is 9.82. The lowest BCUT2D eigenvalue weighted by molar-refractivity contribution is 0.0947. The van der Waals surface area contributed by atoms with Gasteiger partial charge in [0.25, 0.3) is 5.91 Å². The second-order valence-electron chi connectivity index (χ2n) is 7.11. The van der Waals surface area contributed by atoms with Crippen molar-refractivity contribution in [2.24, 2.45) is 5.16 Å². The number of rotatable bonds is 9. The molecular weight excluding hydrogens is 416 g/mol. The van der Waals surface area contributed by atoms with Crippen LogP contribution < -0.4 is 5.32 Å². The number of phenolic OH excluding ortho intramolecular Hbond substituents is 2. The number of nitrogens with one attached hydrogen (secondary N) is 1. The van der Waals surface area contributed by atoms with Crippen LogP contribution in [0, 0.1) is 0 Å². The number of benzene rings is 1. The maximum atomic E-state index is 12.6. The van der Waals surface area contributed by atoms with Gasteiger partial charge in [-0.15, -0.1) is 0 Å². The Bertz CT molecular complexity index is 1150. The van der Waals surface area contributed by atoms with Crippen LogP contribution in [0.15, 0.2) is 45.1 Å². The van der Waals surface area contributed by atoms with Crippen molar-refractivity contribution >= 4 is 12.1 Å². The number of carbonyl (C=O) groups is 1. The van der Waals surface area contributed by atoms with E-state index in [-0.39, 0.29) is 52.4 Å². The monoisotopic (exact) mass is 440 g/mol. The topological polar surface area (TPSA) is 143 Å². The summed E-state index contributed by atoms with van der Waals surface area (Å²) in [5, 5.41) is 34.9. The van der Waals surface area contributed by atoms with Crippen LogP contribution in [0.4, 0.5) is 0 Å². The van der Waals surface area contributed by atoms with Gasteiger partial charge >= 0.3 is 0 Å². The van der Waals surface area contributed by atoms with Gasteiger partial charge in [-0.3, -0.25) is 4.79 Å². The van der Waals surface area contributed by atoms with Gasteiger partial charge in [-0.1, -0.05) is 42.0 Å². The van der Waals surface area contributed by atoms with Crippen molar-refractivity contribution in [3.05, 3.63) is 47.8 Å². The number of oxime groups is 1. The number of aromatic hydroxyl groups is 2. The summed E-state index contributed by atoms with van der Waals surface area (Å²) in [5.74, 6) is -0.553. The van der Waals surface area contributed by atoms with Crippen LogP contribution in [0.25, 0.3) is 22.6 Å². The van der Waals surface area contributed by atoms with Crippen molar-refractivity contribution in [3.63, 3.8) is 0 Å². The standard InChI is InChI=1S/C22H24N4O6/c1-5-7-30-24-11-13-8-18(31-25-13)19-20(22(29)23-6-2)26-32-21(19)15-9-14(12(3)4)16(27)10-17(15)28/h5,8-12,27-28H,1,6-7H2,2-4H3,(H,23,29). The number of amides is 1. The van der Waals surface area contributed by atoms with E-state index in [1.54, 1.807) is 19.1 Å². The fraction of sp³-hybridized carbons (Fsp3) is 0.273. The van der Waals surface area contributed by atoms with Crippen LogP contribution in [0.2, 0.25) is 0 Å². The molecule has 0 aliphatic rings. The van der Waals surface area contributed by atoms with Crippen LogP contribution in [0.5, 0.6) is 11.5 Å². The Hall–Kier alpha value is -4.08. The first-order valence-electron chi connectivity index (χ1n) is 9.94. The van der Waals surface area contributed by atoms with Gasteiger partial charge < -0.3 is 29.4 Å². The molecular formula is C22H24N4O6. The zero-order chi connectivity index (χ0) is 23.3. The van der Waals surface area contributed by atoms with Gasteiger partial charge in [0.2, 0.25) is 0 Å². The number of nitrogens with zero attached hydrogens (tertiary/aromatic N) is 3. The molecule has 0 aliphatic heterocycles. The molecule has 0 saturated heterocycles. The smallest absolute Gasteiger partial charge is 0.274 e. The van der Waals surface area contributed by atoms with E-state index in [1.807, 2.05) is 13.8 Å². The summed E-state index contributed by atoms with van der Waals surface area (Å²) in [6, 6.07) is 4.33. The molecule has 1 aromatic carbocycles. The van der Waals surface area contributed by atoms with Crippen molar-refractivity contribution in [2.75, 3.05) is 13.2 Å². The number of phenols is 2. The van der Waals surface area contributed by atoms with Gasteiger partial charge in [-0.05, 0) is 24.5 Å². The van der Waals surface area contributed by atoms with E-state index < -0.39 is 5.91 Å². The zero-order valence-electron chi connectivity index (χ0n) is 18.0. The molecule has 0 saturated carbocycles. The van der Waals surface area contributed by atoms with Gasteiger partial charge in [0.1, 0.15) is 29.4 Å². The predicted molar refractivity (Wildman–Crippen MR) is 117 cm³/mol. The van der Waals surface area contributed by atoms with Crippen LogP contribution in [0.3, 0.4) is 0 Å². The molecule has 10 heteroatoms. The summed E-state index contributed by atoms with van der Waals surface area (Å²) in [7, 11) is 0. The van der Waals surface area contributed by atoms with Crippen molar-refractivity contribution < 1.29 is 28.9 Å². The average molecular weight is 440 g/mol. The van der Waals surface area contributed by atoms with E-state index in [1.165, 1.54) is 18.3 Å². The Morgan fingerprint density at radius 1 is 1.25 bits per heavy atom. The fourth-order valence-corrected chi connectivity index (χ4v) is 2.99. The van der Waals surface area contributed by atoms with Crippen LogP contribution in [-0.4, -0.2) is 45.8 Å². The lowest BCUT2D eigenvalue weighted by Crippen LogP contribution is -2.23. The van der Waals surface area contributed by atoms with E-state index >= 15 is 0 Å². The zero-order valence-corrected chi connectivity index (χ0v) is 18.0. The fourth-order valence-electron chi connectivity index (χ4n) is 2.99. The molecule has 32 heavy (non-hydrogen) atoms. The Balaban J connectivity index is 2.14. The van der Waals surface area contributed by atoms with Gasteiger partial charge in [0.15, 0.2) is 17.2 Å². The Morgan fingerprint density at radius 3 is 2.72 bits per heavy atom. The van der Waals surface area contributed by atoms with Gasteiger partial charge in [-0.2, -0.15) is 0 Å². The molecule has 0 radical (unpaired) electrons. The molecule has 10 nitrogen and oxygen atoms in total. The summed E-state index contributed by atoms with van der Waals surface area (Å²) in [6.07, 6.45) is 2.88. The highest BCUT2D eigenvalue weighted by atomic mass is 16.6. The molecule has 168 valence electrons. The van der Waals surface area contributed by atoms with Gasteiger partial charge in [0.05, 0.1) is 11.8 Å². The quantitative estimate of drug-likeness (QED) is 0.197. The number of aromatic nitrogens is 2. The minimum Gasteiger partial charge on any atom is -0.508 e. The van der Waals surface area contributed by atoms with E-state index in [0.717, 1.165) is 0 Å². The van der Waals surface area contributed by atoms with E-state index in [0.29, 0.717) is 17.8 Å². The molecule has 3 N–H and O–H groups in total. The van der Waals surface area contributed by atoms with E-state index in [4.69, 9.17) is 13.9 Å². The first kappa shape index (κ1) is 22.6. The molecule has 0 unspecified atom stereocenters. The molecule has 0 bridgehead atoms. The first-order valence-corrected chi connectivity index (χ1v) is 9.94. The van der Waals surface area contributed by atoms with Crippen LogP contribution in [0.1, 0.15) is 48.4 Å². The normalized spacial score (nSPS) is 11.2. The highest BCUT2D eigenvalue weighted by Crippen LogP contribution is 2.43. The molecule has 2 heterocycles. The van der Waals surface area contributed by atoms with Crippen LogP contribution >= 0.6 is 0 Å². The minimum atomic E-state index is -0.485. The number of hydrogen-bond acceptors (Lipinski definition) is 9. The van der Waals surface area contributed by atoms with Crippen molar-refractivity contribution in [1.29, 1.82) is 0 Å². The van der Waals surface area contributed by atoms with E-state index in [2.05, 4.69) is 27.4 Å². The van der Waals surface area contributed by atoms with Gasteiger partial charge in [-0.25, -0.2) is 0 Å². The maximum Gasteiger partial charge on any atom is 0.274 e.